The largest absolute Gasteiger partial charge is 0.484 e. The zero-order valence-electron chi connectivity index (χ0n) is 18.1. The van der Waals surface area contributed by atoms with Crippen molar-refractivity contribution in [2.45, 2.75) is 37.8 Å². The lowest BCUT2D eigenvalue weighted by Gasteiger charge is -2.37. The smallest absolute Gasteiger partial charge is 0.260 e. The minimum absolute atomic E-state index is 0.0376. The van der Waals surface area contributed by atoms with E-state index >= 15 is 0 Å². The van der Waals surface area contributed by atoms with Crippen LogP contribution in [0.5, 0.6) is 5.75 Å². The van der Waals surface area contributed by atoms with Gasteiger partial charge in [0.25, 0.3) is 11.8 Å². The van der Waals surface area contributed by atoms with E-state index in [0.29, 0.717) is 42.6 Å². The maximum absolute atomic E-state index is 13.3. The molecule has 2 aromatic carbocycles. The van der Waals surface area contributed by atoms with Crippen molar-refractivity contribution in [2.75, 3.05) is 32.8 Å². The normalized spacial score (nSPS) is 19.0. The van der Waals surface area contributed by atoms with Gasteiger partial charge in [-0.25, -0.2) is 0 Å². The monoisotopic (exact) mass is 456 g/mol. The van der Waals surface area contributed by atoms with Crippen molar-refractivity contribution in [3.8, 4) is 5.75 Å². The minimum atomic E-state index is -0.212. The fourth-order valence-electron chi connectivity index (χ4n) is 4.40. The third-order valence-electron chi connectivity index (χ3n) is 6.11. The van der Waals surface area contributed by atoms with E-state index in [-0.39, 0.29) is 30.6 Å². The zero-order chi connectivity index (χ0) is 22.3. The number of nitrogens with zero attached hydrogens (tertiary/aromatic N) is 2. The summed E-state index contributed by atoms with van der Waals surface area (Å²) in [5.41, 5.74) is 0.694. The first-order chi connectivity index (χ1) is 15.6. The summed E-state index contributed by atoms with van der Waals surface area (Å²) in [7, 11) is 0. The molecule has 1 heterocycles. The average Bonchev–Trinajstić information content (AvgIpc) is 3.37. The highest BCUT2D eigenvalue weighted by Crippen LogP contribution is 2.26. The molecule has 0 spiro atoms. The van der Waals surface area contributed by atoms with Gasteiger partial charge in [-0.15, -0.1) is 0 Å². The Morgan fingerprint density at radius 3 is 2.50 bits per heavy atom. The second-order valence-corrected chi connectivity index (χ2v) is 8.77. The Balaban J connectivity index is 1.36. The molecule has 7 heteroatoms. The molecule has 2 amide bonds. The van der Waals surface area contributed by atoms with Gasteiger partial charge in [-0.2, -0.15) is 0 Å². The summed E-state index contributed by atoms with van der Waals surface area (Å²) >= 11 is 5.89. The summed E-state index contributed by atoms with van der Waals surface area (Å²) in [4.78, 5) is 29.7. The molecule has 32 heavy (non-hydrogen) atoms. The molecule has 1 saturated heterocycles. The quantitative estimate of drug-likeness (QED) is 0.631. The summed E-state index contributed by atoms with van der Waals surface area (Å²) in [6.07, 6.45) is 4.10. The maximum atomic E-state index is 13.3. The minimum Gasteiger partial charge on any atom is -0.484 e. The third kappa shape index (κ3) is 5.81. The topological polar surface area (TPSA) is 59.1 Å². The molecule has 0 radical (unpaired) electrons. The number of benzene rings is 2. The van der Waals surface area contributed by atoms with Crippen LogP contribution in [0.3, 0.4) is 0 Å². The van der Waals surface area contributed by atoms with Crippen LogP contribution < -0.4 is 4.74 Å². The number of hydrogen-bond donors (Lipinski definition) is 0. The summed E-state index contributed by atoms with van der Waals surface area (Å²) in [5, 5.41) is 0.622. The molecule has 0 N–H and O–H groups in total. The van der Waals surface area contributed by atoms with Crippen LogP contribution in [0.25, 0.3) is 0 Å². The fourth-order valence-corrected chi connectivity index (χ4v) is 4.53. The Morgan fingerprint density at radius 2 is 1.78 bits per heavy atom. The first kappa shape index (κ1) is 22.6. The molecule has 0 aromatic heterocycles. The Morgan fingerprint density at radius 1 is 1.06 bits per heavy atom. The van der Waals surface area contributed by atoms with Gasteiger partial charge in [-0.05, 0) is 49.2 Å². The molecule has 1 atom stereocenters. The number of morpholine rings is 1. The highest BCUT2D eigenvalue weighted by Gasteiger charge is 2.32. The Bertz CT molecular complexity index is 900. The highest BCUT2D eigenvalue weighted by atomic mass is 35.5. The van der Waals surface area contributed by atoms with Crippen molar-refractivity contribution in [1.29, 1.82) is 0 Å². The molecule has 1 aliphatic carbocycles. The average molecular weight is 457 g/mol. The number of rotatable bonds is 7. The molecule has 2 fully saturated rings. The van der Waals surface area contributed by atoms with Crippen molar-refractivity contribution in [2.24, 2.45) is 0 Å². The van der Waals surface area contributed by atoms with Gasteiger partial charge in [0.05, 0.1) is 12.7 Å². The van der Waals surface area contributed by atoms with Crippen molar-refractivity contribution < 1.29 is 19.1 Å². The van der Waals surface area contributed by atoms with Crippen LogP contribution >= 0.6 is 11.6 Å². The van der Waals surface area contributed by atoms with E-state index in [1.807, 2.05) is 35.2 Å². The molecule has 0 bridgehead atoms. The van der Waals surface area contributed by atoms with Gasteiger partial charge in [0.1, 0.15) is 5.75 Å². The van der Waals surface area contributed by atoms with Crippen LogP contribution in [0.2, 0.25) is 5.02 Å². The third-order valence-corrected chi connectivity index (χ3v) is 6.37. The molecule has 2 aliphatic rings. The number of carbonyl (C=O) groups is 2. The Kier molecular flexibility index (Phi) is 7.66. The zero-order valence-corrected chi connectivity index (χ0v) is 18.9. The van der Waals surface area contributed by atoms with Gasteiger partial charge in [0, 0.05) is 36.3 Å². The predicted octanol–water partition coefficient (Wildman–Crippen LogP) is 4.03. The molecular formula is C25H29ClN2O4. The molecule has 4 rings (SSSR count). The van der Waals surface area contributed by atoms with E-state index in [4.69, 9.17) is 21.1 Å². The first-order valence-electron chi connectivity index (χ1n) is 11.2. The van der Waals surface area contributed by atoms with Crippen LogP contribution in [-0.4, -0.2) is 66.6 Å². The van der Waals surface area contributed by atoms with Crippen molar-refractivity contribution in [3.05, 3.63) is 65.2 Å². The Hall–Kier alpha value is -2.57. The fraction of sp³-hybridized carbons (Fsp3) is 0.440. The lowest BCUT2D eigenvalue weighted by molar-refractivity contribution is -0.141. The molecular weight excluding hydrogens is 428 g/mol. The first-order valence-corrected chi connectivity index (χ1v) is 11.6. The molecule has 6 nitrogen and oxygen atoms in total. The van der Waals surface area contributed by atoms with Gasteiger partial charge in [-0.1, -0.05) is 42.6 Å². The van der Waals surface area contributed by atoms with E-state index < -0.39 is 0 Å². The summed E-state index contributed by atoms with van der Waals surface area (Å²) in [6, 6.07) is 16.6. The van der Waals surface area contributed by atoms with Crippen LogP contribution in [0.1, 0.15) is 36.0 Å². The van der Waals surface area contributed by atoms with Crippen molar-refractivity contribution >= 4 is 23.4 Å². The lowest BCUT2D eigenvalue weighted by atomic mass is 10.1. The number of hydrogen-bond acceptors (Lipinski definition) is 4. The van der Waals surface area contributed by atoms with Gasteiger partial charge in [0.2, 0.25) is 0 Å². The van der Waals surface area contributed by atoms with E-state index in [2.05, 4.69) is 0 Å². The second kappa shape index (κ2) is 10.8. The molecule has 1 unspecified atom stereocenters. The summed E-state index contributed by atoms with van der Waals surface area (Å²) in [6.45, 7) is 1.88. The SMILES string of the molecule is O=C(COc1ccc(Cl)cc1)N1CCOC(CN(C(=O)c2ccccc2)C2CCCC2)C1. The maximum Gasteiger partial charge on any atom is 0.260 e. The predicted molar refractivity (Wildman–Crippen MR) is 123 cm³/mol. The van der Waals surface area contributed by atoms with E-state index in [1.54, 1.807) is 29.2 Å². The van der Waals surface area contributed by atoms with Crippen molar-refractivity contribution in [1.82, 2.24) is 9.80 Å². The number of amides is 2. The number of halogens is 1. The van der Waals surface area contributed by atoms with Gasteiger partial charge in [0.15, 0.2) is 6.61 Å². The van der Waals surface area contributed by atoms with Gasteiger partial charge >= 0.3 is 0 Å². The molecule has 1 aliphatic heterocycles. The second-order valence-electron chi connectivity index (χ2n) is 8.34. The lowest BCUT2D eigenvalue weighted by Crippen LogP contribution is -2.53. The van der Waals surface area contributed by atoms with Crippen molar-refractivity contribution in [3.63, 3.8) is 0 Å². The van der Waals surface area contributed by atoms with Crippen LogP contribution in [0, 0.1) is 0 Å². The summed E-state index contributed by atoms with van der Waals surface area (Å²) in [5.74, 6) is 0.555. The summed E-state index contributed by atoms with van der Waals surface area (Å²) < 4.78 is 11.6. The standard InChI is InChI=1S/C25H29ClN2O4/c26-20-10-12-22(13-11-20)32-18-24(29)27-14-15-31-23(16-27)17-28(21-8-4-5-9-21)25(30)19-6-2-1-3-7-19/h1-3,6-7,10-13,21,23H,4-5,8-9,14-18H2. The number of ether oxygens (including phenoxy) is 2. The molecule has 170 valence electrons. The Labute approximate surface area is 194 Å². The van der Waals surface area contributed by atoms with E-state index in [9.17, 15) is 9.59 Å². The van der Waals surface area contributed by atoms with Crippen LogP contribution in [-0.2, 0) is 9.53 Å². The highest BCUT2D eigenvalue weighted by molar-refractivity contribution is 6.30. The van der Waals surface area contributed by atoms with Gasteiger partial charge in [-0.3, -0.25) is 9.59 Å². The molecule has 1 saturated carbocycles. The van der Waals surface area contributed by atoms with E-state index in [0.717, 1.165) is 25.7 Å². The van der Waals surface area contributed by atoms with Crippen LogP contribution in [0.15, 0.2) is 54.6 Å². The number of carbonyl (C=O) groups excluding carboxylic acids is 2. The van der Waals surface area contributed by atoms with Gasteiger partial charge < -0.3 is 19.3 Å². The van der Waals surface area contributed by atoms with Crippen LogP contribution in [0.4, 0.5) is 0 Å². The molecule has 2 aromatic rings. The van der Waals surface area contributed by atoms with E-state index in [1.165, 1.54) is 0 Å².